The predicted molar refractivity (Wildman–Crippen MR) is 83.8 cm³/mol. The summed E-state index contributed by atoms with van der Waals surface area (Å²) in [5.74, 6) is 0. The third-order valence-electron chi connectivity index (χ3n) is 2.73. The van der Waals surface area contributed by atoms with Crippen LogP contribution in [0.4, 0.5) is 11.4 Å². The normalized spacial score (nSPS) is 11.3. The summed E-state index contributed by atoms with van der Waals surface area (Å²) in [6.45, 7) is 0.342. The van der Waals surface area contributed by atoms with Crippen LogP contribution in [0.5, 0.6) is 0 Å². The molecule has 7 heteroatoms. The molecule has 0 amide bonds. The second-order valence-electron chi connectivity index (χ2n) is 4.44. The molecule has 20 heavy (non-hydrogen) atoms. The lowest BCUT2D eigenvalue weighted by Gasteiger charge is -2.17. The lowest BCUT2D eigenvalue weighted by molar-refractivity contribution is 0.603. The molecule has 0 radical (unpaired) electrons. The Morgan fingerprint density at radius 1 is 1.20 bits per heavy atom. The van der Waals surface area contributed by atoms with Gasteiger partial charge >= 0.3 is 0 Å². The zero-order chi connectivity index (χ0) is 14.8. The Morgan fingerprint density at radius 3 is 2.50 bits per heavy atom. The summed E-state index contributed by atoms with van der Waals surface area (Å²) < 4.78 is 27.6. The highest BCUT2D eigenvalue weighted by atomic mass is 32.2. The van der Waals surface area contributed by atoms with Crippen molar-refractivity contribution in [1.29, 1.82) is 0 Å². The van der Waals surface area contributed by atoms with Crippen LogP contribution in [-0.2, 0) is 16.6 Å². The molecule has 1 aromatic carbocycles. The first-order valence-corrected chi connectivity index (χ1v) is 8.32. The lowest BCUT2D eigenvalue weighted by atomic mass is 10.2. The number of hydrogen-bond acceptors (Lipinski definition) is 5. The molecule has 0 unspecified atom stereocenters. The van der Waals surface area contributed by atoms with Gasteiger partial charge in [0.1, 0.15) is 4.21 Å². The quantitative estimate of drug-likeness (QED) is 0.886. The van der Waals surface area contributed by atoms with E-state index in [-0.39, 0.29) is 4.21 Å². The van der Waals surface area contributed by atoms with E-state index in [9.17, 15) is 8.42 Å². The smallest absolute Gasteiger partial charge is 0.271 e. The highest BCUT2D eigenvalue weighted by Crippen LogP contribution is 2.28. The SMILES string of the molecule is CN(C)c1ccccc1NS(=O)(=O)c1ccc(CN)s1. The molecule has 0 atom stereocenters. The Morgan fingerprint density at radius 2 is 1.90 bits per heavy atom. The summed E-state index contributed by atoms with van der Waals surface area (Å²) in [5, 5.41) is 0. The van der Waals surface area contributed by atoms with E-state index in [1.807, 2.05) is 31.1 Å². The molecule has 3 N–H and O–H groups in total. The summed E-state index contributed by atoms with van der Waals surface area (Å²) in [6, 6.07) is 10.6. The van der Waals surface area contributed by atoms with E-state index in [0.717, 1.165) is 10.6 Å². The number of benzene rings is 1. The molecular formula is C13H17N3O2S2. The first-order chi connectivity index (χ1) is 9.44. The molecule has 1 heterocycles. The van der Waals surface area contributed by atoms with Gasteiger partial charge in [0.15, 0.2) is 0 Å². The fourth-order valence-electron chi connectivity index (χ4n) is 1.76. The molecule has 2 rings (SSSR count). The second kappa shape index (κ2) is 5.82. The Labute approximate surface area is 123 Å². The van der Waals surface area contributed by atoms with Gasteiger partial charge in [-0.1, -0.05) is 12.1 Å². The molecule has 5 nitrogen and oxygen atoms in total. The first kappa shape index (κ1) is 14.8. The summed E-state index contributed by atoms with van der Waals surface area (Å²) in [4.78, 5) is 2.70. The van der Waals surface area contributed by atoms with Crippen LogP contribution in [0.2, 0.25) is 0 Å². The van der Waals surface area contributed by atoms with Crippen molar-refractivity contribution in [2.75, 3.05) is 23.7 Å². The van der Waals surface area contributed by atoms with Crippen molar-refractivity contribution < 1.29 is 8.42 Å². The number of anilines is 2. The van der Waals surface area contributed by atoms with Crippen LogP contribution in [-0.4, -0.2) is 22.5 Å². The zero-order valence-electron chi connectivity index (χ0n) is 11.3. The maximum Gasteiger partial charge on any atom is 0.271 e. The third kappa shape index (κ3) is 3.12. The third-order valence-corrected chi connectivity index (χ3v) is 5.70. The van der Waals surface area contributed by atoms with E-state index in [4.69, 9.17) is 5.73 Å². The van der Waals surface area contributed by atoms with E-state index in [2.05, 4.69) is 4.72 Å². The van der Waals surface area contributed by atoms with Crippen molar-refractivity contribution >= 4 is 32.7 Å². The molecule has 0 aliphatic rings. The summed E-state index contributed by atoms with van der Waals surface area (Å²) in [6.07, 6.45) is 0. The van der Waals surface area contributed by atoms with E-state index in [1.54, 1.807) is 24.3 Å². The van der Waals surface area contributed by atoms with Crippen molar-refractivity contribution in [1.82, 2.24) is 0 Å². The maximum atomic E-state index is 12.3. The maximum absolute atomic E-state index is 12.3. The van der Waals surface area contributed by atoms with Crippen LogP contribution in [0.3, 0.4) is 0 Å². The molecule has 0 bridgehead atoms. The second-order valence-corrected chi connectivity index (χ2v) is 7.52. The van der Waals surface area contributed by atoms with E-state index in [0.29, 0.717) is 12.2 Å². The first-order valence-electron chi connectivity index (χ1n) is 6.02. The topological polar surface area (TPSA) is 75.4 Å². The Bertz CT molecular complexity index is 693. The van der Waals surface area contributed by atoms with Crippen LogP contribution in [0, 0.1) is 0 Å². The monoisotopic (exact) mass is 311 g/mol. The highest BCUT2D eigenvalue weighted by molar-refractivity contribution is 7.94. The van der Waals surface area contributed by atoms with Gasteiger partial charge in [0, 0.05) is 25.5 Å². The minimum atomic E-state index is -3.57. The van der Waals surface area contributed by atoms with Gasteiger partial charge < -0.3 is 10.6 Å². The average molecular weight is 311 g/mol. The number of nitrogens with one attached hydrogen (secondary N) is 1. The van der Waals surface area contributed by atoms with E-state index >= 15 is 0 Å². The van der Waals surface area contributed by atoms with Gasteiger partial charge in [-0.25, -0.2) is 8.42 Å². The van der Waals surface area contributed by atoms with E-state index in [1.165, 1.54) is 11.3 Å². The fraction of sp³-hybridized carbons (Fsp3) is 0.231. The standard InChI is InChI=1S/C13H17N3O2S2/c1-16(2)12-6-4-3-5-11(12)15-20(17,18)13-8-7-10(9-14)19-13/h3-8,15H,9,14H2,1-2H3. The fourth-order valence-corrected chi connectivity index (χ4v) is 4.07. The number of hydrogen-bond donors (Lipinski definition) is 2. The number of rotatable bonds is 5. The van der Waals surface area contributed by atoms with Crippen molar-refractivity contribution in [2.45, 2.75) is 10.8 Å². The summed E-state index contributed by atoms with van der Waals surface area (Å²) in [5.41, 5.74) is 6.88. The van der Waals surface area contributed by atoms with Gasteiger partial charge in [0.2, 0.25) is 0 Å². The summed E-state index contributed by atoms with van der Waals surface area (Å²) in [7, 11) is 0.159. The van der Waals surface area contributed by atoms with Gasteiger partial charge in [0.05, 0.1) is 11.4 Å². The average Bonchev–Trinajstić information content (AvgIpc) is 2.88. The van der Waals surface area contributed by atoms with E-state index < -0.39 is 10.0 Å². The largest absolute Gasteiger partial charge is 0.376 e. The molecule has 0 aliphatic carbocycles. The molecule has 0 saturated carbocycles. The molecule has 2 aromatic rings. The molecule has 0 saturated heterocycles. The van der Waals surface area contributed by atoms with Gasteiger partial charge in [0.25, 0.3) is 10.0 Å². The van der Waals surface area contributed by atoms with Gasteiger partial charge in [-0.05, 0) is 24.3 Å². The van der Waals surface area contributed by atoms with Crippen molar-refractivity contribution in [3.63, 3.8) is 0 Å². The molecular weight excluding hydrogens is 294 g/mol. The molecule has 1 aromatic heterocycles. The Balaban J connectivity index is 2.33. The van der Waals surface area contributed by atoms with Gasteiger partial charge in [-0.15, -0.1) is 11.3 Å². The minimum Gasteiger partial charge on any atom is -0.376 e. The molecule has 0 aliphatic heterocycles. The van der Waals surface area contributed by atoms with Crippen LogP contribution in [0.25, 0.3) is 0 Å². The Hall–Kier alpha value is -1.57. The minimum absolute atomic E-state index is 0.270. The van der Waals surface area contributed by atoms with Crippen LogP contribution >= 0.6 is 11.3 Å². The van der Waals surface area contributed by atoms with Crippen LogP contribution < -0.4 is 15.4 Å². The number of nitrogens with zero attached hydrogens (tertiary/aromatic N) is 1. The summed E-state index contributed by atoms with van der Waals surface area (Å²) >= 11 is 1.18. The zero-order valence-corrected chi connectivity index (χ0v) is 13.0. The van der Waals surface area contributed by atoms with Gasteiger partial charge in [-0.2, -0.15) is 0 Å². The van der Waals surface area contributed by atoms with Crippen molar-refractivity contribution in [3.05, 3.63) is 41.3 Å². The number of sulfonamides is 1. The molecule has 108 valence electrons. The lowest BCUT2D eigenvalue weighted by Crippen LogP contribution is -2.16. The number of nitrogens with two attached hydrogens (primary N) is 1. The molecule has 0 spiro atoms. The predicted octanol–water partition coefficient (Wildman–Crippen LogP) is 2.07. The highest BCUT2D eigenvalue weighted by Gasteiger charge is 2.18. The van der Waals surface area contributed by atoms with Crippen LogP contribution in [0.1, 0.15) is 4.88 Å². The van der Waals surface area contributed by atoms with Gasteiger partial charge in [-0.3, -0.25) is 4.72 Å². The number of para-hydroxylation sites is 2. The Kier molecular flexibility index (Phi) is 4.32. The number of thiophene rings is 1. The van der Waals surface area contributed by atoms with Crippen molar-refractivity contribution in [2.24, 2.45) is 5.73 Å². The molecule has 0 fully saturated rings. The van der Waals surface area contributed by atoms with Crippen LogP contribution in [0.15, 0.2) is 40.6 Å². The van der Waals surface area contributed by atoms with Crippen molar-refractivity contribution in [3.8, 4) is 0 Å².